The lowest BCUT2D eigenvalue weighted by Crippen LogP contribution is -2.48. The number of hydrogen-bond donors (Lipinski definition) is 1. The molecule has 1 atom stereocenters. The van der Waals surface area contributed by atoms with Crippen molar-refractivity contribution in [1.82, 2.24) is 29.0 Å². The van der Waals surface area contributed by atoms with Gasteiger partial charge >= 0.3 is 0 Å². The zero-order valence-corrected chi connectivity index (χ0v) is 19.3. The van der Waals surface area contributed by atoms with E-state index in [1.54, 1.807) is 23.2 Å². The van der Waals surface area contributed by atoms with E-state index in [1.165, 1.54) is 28.6 Å². The summed E-state index contributed by atoms with van der Waals surface area (Å²) in [7, 11) is 1.41. The maximum absolute atomic E-state index is 14.8. The number of fused-ring (bicyclic) bond motifs is 2. The van der Waals surface area contributed by atoms with Crippen molar-refractivity contribution in [2.24, 2.45) is 0 Å². The van der Waals surface area contributed by atoms with Crippen LogP contribution in [0.15, 0.2) is 30.7 Å². The molecule has 0 saturated carbocycles. The zero-order valence-electron chi connectivity index (χ0n) is 19.3. The predicted octanol–water partition coefficient (Wildman–Crippen LogP) is 2.99. The number of methoxy groups -OCH3 is 1. The van der Waals surface area contributed by atoms with Crippen LogP contribution in [0.1, 0.15) is 0 Å². The minimum absolute atomic E-state index is 0.00781. The second-order valence-electron chi connectivity index (χ2n) is 9.00. The Morgan fingerprint density at radius 3 is 2.83 bits per heavy atom. The Balaban J connectivity index is 1.35. The largest absolute Gasteiger partial charge is 0.479 e. The number of aryl methyl sites for hydroxylation is 1. The third-order valence-electron chi connectivity index (χ3n) is 6.77. The summed E-state index contributed by atoms with van der Waals surface area (Å²) >= 11 is 0. The monoisotopic (exact) mass is 505 g/mol. The third kappa shape index (κ3) is 3.73. The minimum Gasteiger partial charge on any atom is -0.479 e. The minimum atomic E-state index is -2.97. The topological polar surface area (TPSA) is 81.7 Å². The van der Waals surface area contributed by atoms with Crippen LogP contribution in [-0.2, 0) is 11.3 Å². The van der Waals surface area contributed by atoms with E-state index in [0.29, 0.717) is 35.4 Å². The Bertz CT molecular complexity index is 1440. The normalized spacial score (nSPS) is 20.3. The second-order valence-corrected chi connectivity index (χ2v) is 9.00. The van der Waals surface area contributed by atoms with Crippen molar-refractivity contribution in [2.75, 3.05) is 45.4 Å². The number of alkyl halides is 3. The fourth-order valence-electron chi connectivity index (χ4n) is 4.81. The van der Waals surface area contributed by atoms with E-state index >= 15 is 0 Å². The van der Waals surface area contributed by atoms with Crippen LogP contribution in [0.25, 0.3) is 27.7 Å². The van der Waals surface area contributed by atoms with Crippen LogP contribution >= 0.6 is 0 Å². The summed E-state index contributed by atoms with van der Waals surface area (Å²) in [4.78, 5) is 10.1. The number of anilines is 1. The number of nitrogens with zero attached hydrogens (tertiary/aromatic N) is 6. The van der Waals surface area contributed by atoms with E-state index in [-0.39, 0.29) is 43.0 Å². The Kier molecular flexibility index (Phi) is 5.48. The Morgan fingerprint density at radius 2 is 2.11 bits per heavy atom. The standard InChI is InChI=1S/C23H23F4N7O2/c1-35-21-20-15(13-6-16(25)19-17(7-13)32(5-3-24)12-28-19)2-4-34(20)31-22(30-21)29-18-8-33(11-23(18,26)27)14-9-36-10-14/h2,4,6-7,12,14,18H,3,5,8-11H2,1H3,(H,29,31)/t18-/m1/s1. The van der Waals surface area contributed by atoms with Gasteiger partial charge in [0.1, 0.15) is 23.7 Å². The fraction of sp³-hybridized carbons (Fsp3) is 0.435. The van der Waals surface area contributed by atoms with Crippen LogP contribution in [0, 0.1) is 5.82 Å². The lowest BCUT2D eigenvalue weighted by atomic mass is 10.1. The SMILES string of the molecule is COc1nc(N[C@@H]2CN(C3COC3)CC2(F)F)nn2ccc(-c3cc(F)c4ncn(CCF)c4c3)c12. The van der Waals surface area contributed by atoms with E-state index in [0.717, 1.165) is 0 Å². The van der Waals surface area contributed by atoms with Crippen molar-refractivity contribution >= 4 is 22.5 Å². The van der Waals surface area contributed by atoms with Crippen molar-refractivity contribution in [3.8, 4) is 17.0 Å². The maximum Gasteiger partial charge on any atom is 0.281 e. The van der Waals surface area contributed by atoms with Crippen molar-refractivity contribution in [1.29, 1.82) is 0 Å². The van der Waals surface area contributed by atoms with E-state index in [4.69, 9.17) is 9.47 Å². The van der Waals surface area contributed by atoms with Gasteiger partial charge in [0, 0.05) is 18.3 Å². The summed E-state index contributed by atoms with van der Waals surface area (Å²) in [6.45, 7) is 0.106. The first-order valence-corrected chi connectivity index (χ1v) is 11.5. The molecule has 6 rings (SSSR count). The van der Waals surface area contributed by atoms with Gasteiger partial charge in [0.15, 0.2) is 5.82 Å². The smallest absolute Gasteiger partial charge is 0.281 e. The molecule has 0 radical (unpaired) electrons. The molecule has 5 heterocycles. The van der Waals surface area contributed by atoms with Gasteiger partial charge in [-0.15, -0.1) is 5.10 Å². The van der Waals surface area contributed by atoms with Gasteiger partial charge in [-0.2, -0.15) is 4.98 Å². The molecule has 190 valence electrons. The van der Waals surface area contributed by atoms with Crippen molar-refractivity contribution in [3.63, 3.8) is 0 Å². The van der Waals surface area contributed by atoms with Crippen LogP contribution in [-0.4, -0.2) is 87.1 Å². The Morgan fingerprint density at radius 1 is 1.28 bits per heavy atom. The lowest BCUT2D eigenvalue weighted by Gasteiger charge is -2.34. The summed E-state index contributed by atoms with van der Waals surface area (Å²) in [5.74, 6) is -3.41. The summed E-state index contributed by atoms with van der Waals surface area (Å²) in [6.07, 6.45) is 3.01. The van der Waals surface area contributed by atoms with Gasteiger partial charge in [0.2, 0.25) is 11.8 Å². The fourth-order valence-corrected chi connectivity index (χ4v) is 4.81. The number of likely N-dealkylation sites (tertiary alicyclic amines) is 1. The molecule has 0 spiro atoms. The highest BCUT2D eigenvalue weighted by Crippen LogP contribution is 2.36. The van der Waals surface area contributed by atoms with Crippen molar-refractivity contribution in [3.05, 3.63) is 36.5 Å². The number of imidazole rings is 1. The third-order valence-corrected chi connectivity index (χ3v) is 6.77. The van der Waals surface area contributed by atoms with Gasteiger partial charge in [0.05, 0.1) is 51.3 Å². The van der Waals surface area contributed by atoms with Gasteiger partial charge < -0.3 is 19.4 Å². The number of aromatic nitrogens is 5. The van der Waals surface area contributed by atoms with Crippen molar-refractivity contribution < 1.29 is 27.0 Å². The average Bonchev–Trinajstić information content (AvgIpc) is 3.48. The van der Waals surface area contributed by atoms with E-state index in [2.05, 4.69) is 20.4 Å². The first kappa shape index (κ1) is 23.0. The molecule has 2 fully saturated rings. The van der Waals surface area contributed by atoms with E-state index < -0.39 is 24.5 Å². The maximum atomic E-state index is 14.8. The molecule has 13 heteroatoms. The number of halogens is 4. The van der Waals surface area contributed by atoms with Gasteiger partial charge in [-0.25, -0.2) is 27.1 Å². The summed E-state index contributed by atoms with van der Waals surface area (Å²) in [6, 6.07) is 3.55. The molecule has 2 aliphatic heterocycles. The number of ether oxygens (including phenoxy) is 2. The molecule has 1 aromatic carbocycles. The first-order chi connectivity index (χ1) is 17.4. The zero-order chi connectivity index (χ0) is 25.0. The second kappa shape index (κ2) is 8.59. The summed E-state index contributed by atoms with van der Waals surface area (Å²) in [5, 5.41) is 7.13. The molecular weight excluding hydrogens is 482 g/mol. The lowest BCUT2D eigenvalue weighted by molar-refractivity contribution is -0.0711. The van der Waals surface area contributed by atoms with Gasteiger partial charge in [0.25, 0.3) is 5.92 Å². The number of hydrogen-bond acceptors (Lipinski definition) is 7. The average molecular weight is 505 g/mol. The van der Waals surface area contributed by atoms with Crippen LogP contribution in [0.5, 0.6) is 5.88 Å². The molecule has 4 aromatic rings. The molecule has 9 nitrogen and oxygen atoms in total. The van der Waals surface area contributed by atoms with Crippen LogP contribution in [0.3, 0.4) is 0 Å². The highest BCUT2D eigenvalue weighted by molar-refractivity contribution is 5.90. The molecule has 0 unspecified atom stereocenters. The number of rotatable bonds is 7. The molecule has 2 saturated heterocycles. The summed E-state index contributed by atoms with van der Waals surface area (Å²) < 4.78 is 70.8. The number of nitrogens with one attached hydrogen (secondary N) is 1. The van der Waals surface area contributed by atoms with Gasteiger partial charge in [-0.1, -0.05) is 0 Å². The van der Waals surface area contributed by atoms with E-state index in [9.17, 15) is 17.6 Å². The van der Waals surface area contributed by atoms with Gasteiger partial charge in [-0.05, 0) is 23.8 Å². The molecular formula is C23H23F4N7O2. The van der Waals surface area contributed by atoms with Crippen LogP contribution in [0.2, 0.25) is 0 Å². The predicted molar refractivity (Wildman–Crippen MR) is 123 cm³/mol. The van der Waals surface area contributed by atoms with Crippen molar-refractivity contribution in [2.45, 2.75) is 24.6 Å². The van der Waals surface area contributed by atoms with Gasteiger partial charge in [-0.3, -0.25) is 4.90 Å². The van der Waals surface area contributed by atoms with E-state index in [1.807, 2.05) is 0 Å². The molecule has 0 amide bonds. The molecule has 36 heavy (non-hydrogen) atoms. The molecule has 2 aliphatic rings. The quantitative estimate of drug-likeness (QED) is 0.387. The van der Waals surface area contributed by atoms with Crippen LogP contribution in [0.4, 0.5) is 23.5 Å². The van der Waals surface area contributed by atoms with Crippen LogP contribution < -0.4 is 10.1 Å². The highest BCUT2D eigenvalue weighted by Gasteiger charge is 2.51. The number of benzene rings is 1. The Hall–Kier alpha value is -3.45. The Labute approximate surface area is 202 Å². The molecule has 3 aromatic heterocycles. The summed E-state index contributed by atoms with van der Waals surface area (Å²) in [5.41, 5.74) is 2.08. The first-order valence-electron chi connectivity index (χ1n) is 11.5. The highest BCUT2D eigenvalue weighted by atomic mass is 19.3. The molecule has 0 aliphatic carbocycles. The molecule has 0 bridgehead atoms. The molecule has 1 N–H and O–H groups in total.